The molecule has 0 fully saturated rings. The second kappa shape index (κ2) is 71.6. The van der Waals surface area contributed by atoms with Gasteiger partial charge in [-0.05, 0) is 103 Å². The molecule has 5 unspecified atom stereocenters. The van der Waals surface area contributed by atoms with E-state index in [4.69, 9.17) is 37.0 Å². The molecule has 0 amide bonds. The van der Waals surface area contributed by atoms with E-state index < -0.39 is 97.5 Å². The molecule has 568 valence electrons. The van der Waals surface area contributed by atoms with E-state index >= 15 is 0 Å². The first-order chi connectivity index (χ1) is 47.7. The van der Waals surface area contributed by atoms with Crippen LogP contribution in [0.3, 0.4) is 0 Å². The van der Waals surface area contributed by atoms with Gasteiger partial charge in [0.25, 0.3) is 0 Å². The van der Waals surface area contributed by atoms with Gasteiger partial charge in [-0.3, -0.25) is 37.3 Å². The molecule has 17 nitrogen and oxygen atoms in total. The van der Waals surface area contributed by atoms with Gasteiger partial charge in [-0.2, -0.15) is 0 Å². The third-order valence-corrected chi connectivity index (χ3v) is 18.3. The van der Waals surface area contributed by atoms with E-state index in [2.05, 4.69) is 88.5 Å². The smallest absolute Gasteiger partial charge is 0.462 e. The van der Waals surface area contributed by atoms with E-state index in [9.17, 15) is 43.2 Å². The number of carbonyl (C=O) groups is 4. The summed E-state index contributed by atoms with van der Waals surface area (Å²) in [6.45, 7) is 4.65. The predicted octanol–water partition coefficient (Wildman–Crippen LogP) is 22.2. The Hall–Kier alpha value is -3.76. The third-order valence-electron chi connectivity index (χ3n) is 16.4. The summed E-state index contributed by atoms with van der Waals surface area (Å²) in [6, 6.07) is 0. The molecule has 5 atom stereocenters. The first kappa shape index (κ1) is 94.2. The average Bonchev–Trinajstić information content (AvgIpc) is 1.04. The molecule has 0 aliphatic heterocycles. The van der Waals surface area contributed by atoms with Crippen molar-refractivity contribution in [1.82, 2.24) is 0 Å². The zero-order valence-corrected chi connectivity index (χ0v) is 63.7. The Morgan fingerprint density at radius 1 is 0.306 bits per heavy atom. The maximum absolute atomic E-state index is 13.1. The third kappa shape index (κ3) is 70.7. The number of ether oxygens (including phenoxy) is 4. The number of hydrogen-bond donors (Lipinski definition) is 3. The maximum Gasteiger partial charge on any atom is 0.472 e. The molecule has 0 aliphatic rings. The summed E-state index contributed by atoms with van der Waals surface area (Å²) in [6.07, 6.45) is 73.1. The molecular formula is C79H140O17P2. The average molecular weight is 1420 g/mol. The number of aliphatic hydroxyl groups excluding tert-OH is 1. The highest BCUT2D eigenvalue weighted by atomic mass is 31.2. The Labute approximate surface area is 595 Å². The minimum atomic E-state index is -4.99. The number of rotatable bonds is 73. The molecule has 0 bridgehead atoms. The molecule has 98 heavy (non-hydrogen) atoms. The van der Waals surface area contributed by atoms with Crippen molar-refractivity contribution in [3.05, 3.63) is 85.1 Å². The molecule has 0 heterocycles. The molecule has 0 aliphatic carbocycles. The monoisotopic (exact) mass is 1420 g/mol. The van der Waals surface area contributed by atoms with Crippen molar-refractivity contribution < 1.29 is 80.2 Å². The zero-order chi connectivity index (χ0) is 71.8. The Bertz CT molecular complexity index is 2190. The van der Waals surface area contributed by atoms with E-state index in [0.717, 1.165) is 128 Å². The Morgan fingerprint density at radius 2 is 0.571 bits per heavy atom. The Morgan fingerprint density at radius 3 is 0.908 bits per heavy atom. The SMILES string of the molecule is CC/C=C\C/C=C\C/C=C\C/C=C\C/C=C\CC(=O)OCC(COP(=O)(O)OCC(O)COP(=O)(O)OCC(COC(=O)CCCCCCC/C=C\CCCCCCCC)OC(=O)CCCCCCC/C=C\CCCCCC)OC(=O)CCCCCCCCCCCCCCCCC. The van der Waals surface area contributed by atoms with Crippen LogP contribution in [0, 0.1) is 0 Å². The number of aliphatic hydroxyl groups is 1. The lowest BCUT2D eigenvalue weighted by molar-refractivity contribution is -0.161. The van der Waals surface area contributed by atoms with Crippen molar-refractivity contribution in [2.24, 2.45) is 0 Å². The highest BCUT2D eigenvalue weighted by molar-refractivity contribution is 7.47. The van der Waals surface area contributed by atoms with E-state index in [1.807, 2.05) is 18.2 Å². The van der Waals surface area contributed by atoms with E-state index in [-0.39, 0.29) is 25.7 Å². The fraction of sp³-hybridized carbons (Fsp3) is 0.772. The summed E-state index contributed by atoms with van der Waals surface area (Å²) < 4.78 is 68.4. The van der Waals surface area contributed by atoms with E-state index in [1.54, 1.807) is 6.08 Å². The fourth-order valence-electron chi connectivity index (χ4n) is 10.5. The number of hydrogen-bond acceptors (Lipinski definition) is 15. The van der Waals surface area contributed by atoms with Crippen molar-refractivity contribution >= 4 is 39.5 Å². The van der Waals surface area contributed by atoms with Gasteiger partial charge in [-0.1, -0.05) is 293 Å². The number of carbonyl (C=O) groups excluding carboxylic acids is 4. The Balaban J connectivity index is 5.39. The lowest BCUT2D eigenvalue weighted by Crippen LogP contribution is -2.30. The normalized spacial score (nSPS) is 14.4. The first-order valence-corrected chi connectivity index (χ1v) is 41.8. The van der Waals surface area contributed by atoms with E-state index in [1.165, 1.54) is 128 Å². The molecular weight excluding hydrogens is 1280 g/mol. The molecule has 0 rings (SSSR count). The number of phosphoric ester groups is 2. The summed E-state index contributed by atoms with van der Waals surface area (Å²) in [5.74, 6) is -2.32. The topological polar surface area (TPSA) is 237 Å². The van der Waals surface area contributed by atoms with Gasteiger partial charge in [0.05, 0.1) is 32.8 Å². The van der Waals surface area contributed by atoms with Gasteiger partial charge < -0.3 is 33.8 Å². The van der Waals surface area contributed by atoms with Crippen LogP contribution in [0.25, 0.3) is 0 Å². The number of esters is 4. The highest BCUT2D eigenvalue weighted by Crippen LogP contribution is 2.45. The van der Waals surface area contributed by atoms with Crippen molar-refractivity contribution in [3.8, 4) is 0 Å². The maximum atomic E-state index is 13.1. The van der Waals surface area contributed by atoms with Crippen molar-refractivity contribution in [1.29, 1.82) is 0 Å². The predicted molar refractivity (Wildman–Crippen MR) is 399 cm³/mol. The van der Waals surface area contributed by atoms with Crippen molar-refractivity contribution in [2.75, 3.05) is 39.6 Å². The summed E-state index contributed by atoms with van der Waals surface area (Å²) in [5, 5.41) is 10.6. The first-order valence-electron chi connectivity index (χ1n) is 38.8. The summed E-state index contributed by atoms with van der Waals surface area (Å²) in [5.41, 5.74) is 0. The highest BCUT2D eigenvalue weighted by Gasteiger charge is 2.30. The molecule has 0 saturated heterocycles. The summed E-state index contributed by atoms with van der Waals surface area (Å²) in [7, 11) is -9.97. The van der Waals surface area contributed by atoms with Crippen LogP contribution in [-0.4, -0.2) is 96.7 Å². The molecule has 3 N–H and O–H groups in total. The van der Waals surface area contributed by atoms with Crippen LogP contribution >= 0.6 is 15.6 Å². The Kier molecular flexibility index (Phi) is 68.9. The van der Waals surface area contributed by atoms with Gasteiger partial charge in [0.2, 0.25) is 0 Å². The van der Waals surface area contributed by atoms with Crippen molar-refractivity contribution in [3.63, 3.8) is 0 Å². The molecule has 19 heteroatoms. The van der Waals surface area contributed by atoms with Crippen LogP contribution in [0.5, 0.6) is 0 Å². The van der Waals surface area contributed by atoms with Crippen LogP contribution in [-0.2, 0) is 65.4 Å². The second-order valence-corrected chi connectivity index (χ2v) is 28.8. The quantitative estimate of drug-likeness (QED) is 0.0169. The standard InChI is InChI=1S/C79H140O17P2/c1-5-9-13-17-21-25-29-33-36-40-43-47-51-55-59-63-76(81)89-69-74(95-78(83)65-61-57-53-49-45-39-32-28-24-20-16-12-8-4)71-93-97(85,86)91-67-73(80)68-92-98(87,88)94-72-75(96-79(84)66-62-58-54-50-46-42-38-35-31-27-23-19-15-11-7-3)70-90-77(82)64-60-56-52-48-44-41-37-34-30-26-22-18-14-10-6-2/h10,14,22,26,28,32-34,36-37,44,48,56,60,73-75,80H,5-9,11-13,15-21,23-25,27,29-31,35,38-43,45-47,49-55,57-59,61-72H2,1-4H3,(H,85,86)(H,87,88)/b14-10-,26-22-,32-28-,36-33-,37-34-,48-44-,60-56-. The minimum absolute atomic E-state index is 0.0678. The van der Waals surface area contributed by atoms with Crippen LogP contribution in [0.15, 0.2) is 85.1 Å². The largest absolute Gasteiger partial charge is 0.472 e. The lowest BCUT2D eigenvalue weighted by Gasteiger charge is -2.21. The minimum Gasteiger partial charge on any atom is -0.462 e. The van der Waals surface area contributed by atoms with Gasteiger partial charge in [-0.15, -0.1) is 0 Å². The van der Waals surface area contributed by atoms with Crippen LogP contribution < -0.4 is 0 Å². The van der Waals surface area contributed by atoms with Crippen LogP contribution in [0.1, 0.15) is 336 Å². The second-order valence-electron chi connectivity index (χ2n) is 25.9. The van der Waals surface area contributed by atoms with Gasteiger partial charge in [-0.25, -0.2) is 9.13 Å². The van der Waals surface area contributed by atoms with Gasteiger partial charge >= 0.3 is 39.5 Å². The zero-order valence-electron chi connectivity index (χ0n) is 62.0. The molecule has 0 saturated carbocycles. The van der Waals surface area contributed by atoms with Gasteiger partial charge in [0, 0.05) is 19.3 Å². The fourth-order valence-corrected chi connectivity index (χ4v) is 12.0. The van der Waals surface area contributed by atoms with Crippen LogP contribution in [0.2, 0.25) is 0 Å². The lowest BCUT2D eigenvalue weighted by atomic mass is 10.0. The van der Waals surface area contributed by atoms with Gasteiger partial charge in [0.1, 0.15) is 19.3 Å². The van der Waals surface area contributed by atoms with Crippen molar-refractivity contribution in [2.45, 2.75) is 354 Å². The summed E-state index contributed by atoms with van der Waals surface area (Å²) >= 11 is 0. The summed E-state index contributed by atoms with van der Waals surface area (Å²) in [4.78, 5) is 72.8. The number of phosphoric acid groups is 2. The van der Waals surface area contributed by atoms with Crippen LogP contribution in [0.4, 0.5) is 0 Å². The molecule has 0 spiro atoms. The molecule has 0 aromatic carbocycles. The number of unbranched alkanes of at least 4 members (excludes halogenated alkanes) is 34. The van der Waals surface area contributed by atoms with E-state index in [0.29, 0.717) is 25.7 Å². The molecule has 0 radical (unpaired) electrons. The number of allylic oxidation sites excluding steroid dienone is 13. The van der Waals surface area contributed by atoms with Gasteiger partial charge in [0.15, 0.2) is 12.2 Å². The molecule has 0 aromatic rings. The molecule has 0 aromatic heterocycles.